The maximum absolute atomic E-state index is 12.0. The van der Waals surface area contributed by atoms with Gasteiger partial charge in [0.25, 0.3) is 0 Å². The van der Waals surface area contributed by atoms with Gasteiger partial charge in [0.2, 0.25) is 5.91 Å². The lowest BCUT2D eigenvalue weighted by Crippen LogP contribution is -2.32. The lowest BCUT2D eigenvalue weighted by Gasteiger charge is -2.23. The maximum atomic E-state index is 12.0. The van der Waals surface area contributed by atoms with Gasteiger partial charge >= 0.3 is 0 Å². The quantitative estimate of drug-likeness (QED) is 0.882. The molecule has 1 heterocycles. The van der Waals surface area contributed by atoms with E-state index in [2.05, 4.69) is 17.0 Å². The SMILES string of the molecule is CCN(C(=O)CCN)c1ccc(N2CCCC2)cc1. The molecule has 2 rings (SSSR count). The Morgan fingerprint density at radius 3 is 2.42 bits per heavy atom. The molecular formula is C15H23N3O. The van der Waals surface area contributed by atoms with Crippen LogP contribution in [0.5, 0.6) is 0 Å². The lowest BCUT2D eigenvalue weighted by molar-refractivity contribution is -0.118. The molecule has 4 heteroatoms. The number of hydrogen-bond acceptors (Lipinski definition) is 3. The molecule has 1 saturated heterocycles. The van der Waals surface area contributed by atoms with E-state index in [-0.39, 0.29) is 5.91 Å². The number of nitrogens with zero attached hydrogens (tertiary/aromatic N) is 2. The summed E-state index contributed by atoms with van der Waals surface area (Å²) in [7, 11) is 0. The summed E-state index contributed by atoms with van der Waals surface area (Å²) < 4.78 is 0. The summed E-state index contributed by atoms with van der Waals surface area (Å²) >= 11 is 0. The van der Waals surface area contributed by atoms with Crippen LogP contribution in [0.15, 0.2) is 24.3 Å². The van der Waals surface area contributed by atoms with Gasteiger partial charge in [-0.1, -0.05) is 0 Å². The smallest absolute Gasteiger partial charge is 0.228 e. The molecule has 0 spiro atoms. The van der Waals surface area contributed by atoms with Crippen LogP contribution in [0.4, 0.5) is 11.4 Å². The Morgan fingerprint density at radius 2 is 1.89 bits per heavy atom. The van der Waals surface area contributed by atoms with Gasteiger partial charge in [0.1, 0.15) is 0 Å². The molecule has 0 bridgehead atoms. The second-order valence-corrected chi connectivity index (χ2v) is 4.89. The van der Waals surface area contributed by atoms with Crippen molar-refractivity contribution in [1.29, 1.82) is 0 Å². The van der Waals surface area contributed by atoms with Crippen molar-refractivity contribution in [2.75, 3.05) is 36.0 Å². The molecule has 0 aromatic heterocycles. The van der Waals surface area contributed by atoms with Gasteiger partial charge in [0, 0.05) is 44.0 Å². The Bertz CT molecular complexity index is 410. The number of hydrogen-bond donors (Lipinski definition) is 1. The van der Waals surface area contributed by atoms with Gasteiger partial charge in [-0.25, -0.2) is 0 Å². The molecular weight excluding hydrogens is 238 g/mol. The van der Waals surface area contributed by atoms with E-state index in [0.29, 0.717) is 19.5 Å². The van der Waals surface area contributed by atoms with Gasteiger partial charge in [0.05, 0.1) is 0 Å². The van der Waals surface area contributed by atoms with Crippen molar-refractivity contribution >= 4 is 17.3 Å². The molecule has 1 aliphatic rings. The molecule has 104 valence electrons. The van der Waals surface area contributed by atoms with E-state index >= 15 is 0 Å². The van der Waals surface area contributed by atoms with Crippen molar-refractivity contribution in [1.82, 2.24) is 0 Å². The van der Waals surface area contributed by atoms with Crippen molar-refractivity contribution in [2.45, 2.75) is 26.2 Å². The van der Waals surface area contributed by atoms with Gasteiger partial charge in [-0.05, 0) is 44.0 Å². The summed E-state index contributed by atoms with van der Waals surface area (Å²) in [5.74, 6) is 0.0962. The molecule has 19 heavy (non-hydrogen) atoms. The maximum Gasteiger partial charge on any atom is 0.228 e. The highest BCUT2D eigenvalue weighted by Gasteiger charge is 2.15. The summed E-state index contributed by atoms with van der Waals surface area (Å²) in [6, 6.07) is 8.29. The largest absolute Gasteiger partial charge is 0.372 e. The summed E-state index contributed by atoms with van der Waals surface area (Å²) in [5.41, 5.74) is 7.67. The zero-order valence-electron chi connectivity index (χ0n) is 11.6. The molecule has 1 aromatic carbocycles. The molecule has 0 unspecified atom stereocenters. The van der Waals surface area contributed by atoms with Gasteiger partial charge in [-0.2, -0.15) is 0 Å². The van der Waals surface area contributed by atoms with Crippen molar-refractivity contribution in [2.24, 2.45) is 5.73 Å². The first kappa shape index (κ1) is 13.9. The molecule has 0 radical (unpaired) electrons. The van der Waals surface area contributed by atoms with Crippen molar-refractivity contribution in [3.63, 3.8) is 0 Å². The molecule has 1 fully saturated rings. The predicted octanol–water partition coefficient (Wildman–Crippen LogP) is 1.99. The molecule has 1 aliphatic heterocycles. The molecule has 0 aliphatic carbocycles. The Morgan fingerprint density at radius 1 is 1.26 bits per heavy atom. The Kier molecular flexibility index (Phi) is 4.80. The molecule has 1 aromatic rings. The second-order valence-electron chi connectivity index (χ2n) is 4.89. The highest BCUT2D eigenvalue weighted by molar-refractivity contribution is 5.93. The summed E-state index contributed by atoms with van der Waals surface area (Å²) in [6.45, 7) is 5.36. The minimum Gasteiger partial charge on any atom is -0.372 e. The Labute approximate surface area is 115 Å². The van der Waals surface area contributed by atoms with Crippen LogP contribution in [0.3, 0.4) is 0 Å². The highest BCUT2D eigenvalue weighted by Crippen LogP contribution is 2.24. The number of nitrogens with two attached hydrogens (primary N) is 1. The van der Waals surface area contributed by atoms with Gasteiger partial charge in [0.15, 0.2) is 0 Å². The first-order valence-electron chi connectivity index (χ1n) is 7.11. The summed E-state index contributed by atoms with van der Waals surface area (Å²) in [5, 5.41) is 0. The van der Waals surface area contributed by atoms with Crippen LogP contribution in [0.1, 0.15) is 26.2 Å². The fourth-order valence-corrected chi connectivity index (χ4v) is 2.58. The number of benzene rings is 1. The highest BCUT2D eigenvalue weighted by atomic mass is 16.2. The third kappa shape index (κ3) is 3.26. The molecule has 4 nitrogen and oxygen atoms in total. The average Bonchev–Trinajstić information content (AvgIpc) is 2.95. The minimum absolute atomic E-state index is 0.0962. The average molecular weight is 261 g/mol. The van der Waals surface area contributed by atoms with Crippen molar-refractivity contribution < 1.29 is 4.79 Å². The van der Waals surface area contributed by atoms with E-state index in [0.717, 1.165) is 18.8 Å². The van der Waals surface area contributed by atoms with E-state index in [1.54, 1.807) is 4.90 Å². The van der Waals surface area contributed by atoms with Crippen LogP contribution in [0.25, 0.3) is 0 Å². The Hall–Kier alpha value is -1.55. The normalized spacial score (nSPS) is 14.7. The topological polar surface area (TPSA) is 49.6 Å². The van der Waals surface area contributed by atoms with Crippen LogP contribution < -0.4 is 15.5 Å². The van der Waals surface area contributed by atoms with Crippen molar-refractivity contribution in [3.05, 3.63) is 24.3 Å². The zero-order chi connectivity index (χ0) is 13.7. The number of carbonyl (C=O) groups is 1. The van der Waals surface area contributed by atoms with Gasteiger partial charge < -0.3 is 15.5 Å². The number of rotatable bonds is 5. The van der Waals surface area contributed by atoms with Crippen LogP contribution >= 0.6 is 0 Å². The van der Waals surface area contributed by atoms with Crippen LogP contribution in [0, 0.1) is 0 Å². The van der Waals surface area contributed by atoms with Crippen molar-refractivity contribution in [3.8, 4) is 0 Å². The standard InChI is InChI=1S/C15H23N3O/c1-2-18(15(19)9-10-16)14-7-5-13(6-8-14)17-11-3-4-12-17/h5-8H,2-4,9-12,16H2,1H3. The summed E-state index contributed by atoms with van der Waals surface area (Å²) in [6.07, 6.45) is 2.96. The van der Waals surface area contributed by atoms with Gasteiger partial charge in [-0.15, -0.1) is 0 Å². The van der Waals surface area contributed by atoms with E-state index < -0.39 is 0 Å². The molecule has 1 amide bonds. The van der Waals surface area contributed by atoms with E-state index in [9.17, 15) is 4.79 Å². The molecule has 2 N–H and O–H groups in total. The predicted molar refractivity (Wildman–Crippen MR) is 79.6 cm³/mol. The van der Waals surface area contributed by atoms with Crippen LogP contribution in [-0.2, 0) is 4.79 Å². The number of anilines is 2. The summed E-state index contributed by atoms with van der Waals surface area (Å²) in [4.78, 5) is 16.1. The Balaban J connectivity index is 2.09. The van der Waals surface area contributed by atoms with Crippen LogP contribution in [0.2, 0.25) is 0 Å². The number of carbonyl (C=O) groups excluding carboxylic acids is 1. The van der Waals surface area contributed by atoms with E-state index in [4.69, 9.17) is 5.73 Å². The number of amides is 1. The lowest BCUT2D eigenvalue weighted by atomic mass is 10.2. The first-order valence-corrected chi connectivity index (χ1v) is 7.11. The van der Waals surface area contributed by atoms with E-state index in [1.807, 2.05) is 19.1 Å². The minimum atomic E-state index is 0.0962. The van der Waals surface area contributed by atoms with Gasteiger partial charge in [-0.3, -0.25) is 4.79 Å². The third-order valence-corrected chi connectivity index (χ3v) is 3.61. The fraction of sp³-hybridized carbons (Fsp3) is 0.533. The zero-order valence-corrected chi connectivity index (χ0v) is 11.6. The monoisotopic (exact) mass is 261 g/mol. The van der Waals surface area contributed by atoms with E-state index in [1.165, 1.54) is 18.5 Å². The molecule has 0 saturated carbocycles. The third-order valence-electron chi connectivity index (χ3n) is 3.61. The fourth-order valence-electron chi connectivity index (χ4n) is 2.58. The first-order chi connectivity index (χ1) is 9.26. The van der Waals surface area contributed by atoms with Crippen LogP contribution in [-0.4, -0.2) is 32.1 Å². The second kappa shape index (κ2) is 6.57. The molecule has 0 atom stereocenters.